The summed E-state index contributed by atoms with van der Waals surface area (Å²) in [7, 11) is -8.90. The van der Waals surface area contributed by atoms with Crippen LogP contribution in [0.2, 0.25) is 0 Å². The van der Waals surface area contributed by atoms with Crippen LogP contribution in [0.1, 0.15) is 162 Å². The third-order valence-corrected chi connectivity index (χ3v) is 11.0. The second kappa shape index (κ2) is 32.0. The maximum absolute atomic E-state index is 11.9. The van der Waals surface area contributed by atoms with Crippen LogP contribution >= 0.6 is 0 Å². The summed E-state index contributed by atoms with van der Waals surface area (Å²) in [5.74, 6) is -1.33. The van der Waals surface area contributed by atoms with Crippen LogP contribution in [0.3, 0.4) is 0 Å². The highest BCUT2D eigenvalue weighted by atomic mass is 32.2. The van der Waals surface area contributed by atoms with E-state index in [4.69, 9.17) is 18.6 Å². The van der Waals surface area contributed by atoms with Crippen molar-refractivity contribution in [3.05, 3.63) is 48.5 Å². The number of amides is 2. The number of rotatable bonds is 31. The lowest BCUT2D eigenvalue weighted by Crippen LogP contribution is -2.24. The quantitative estimate of drug-likeness (QED) is 0.0242. The molecule has 0 aliphatic heterocycles. The fourth-order valence-electron chi connectivity index (χ4n) is 5.93. The van der Waals surface area contributed by atoms with Gasteiger partial charge in [-0.15, -0.1) is 0 Å². The minimum Gasteiger partial charge on any atom is -0.425 e. The molecule has 4 N–H and O–H groups in total. The number of hydrogen-bond acceptors (Lipinski definition) is 10. The highest BCUT2D eigenvalue weighted by Crippen LogP contribution is 2.25. The van der Waals surface area contributed by atoms with Crippen molar-refractivity contribution in [2.24, 2.45) is 0 Å². The molecular weight excluding hydrogens is 801 g/mol. The summed E-state index contributed by atoms with van der Waals surface area (Å²) < 4.78 is 73.5. The molecule has 0 spiro atoms. The molecule has 16 heteroatoms. The first kappa shape index (κ1) is 53.2. The largest absolute Gasteiger partial charge is 0.425 e. The van der Waals surface area contributed by atoms with Crippen LogP contribution in [0.25, 0.3) is 0 Å². The molecule has 0 aromatic heterocycles. The standard InChI is InChI=1S/C22H35NO6S.C21H33NO6S/c1-2-3-4-5-6-7-9-16-21(24)23-18-13-8-10-17-22(25)29-19-14-11-12-15-20(19)30(26,27)28;1-2-3-4-5-6-8-15-20(23)22-17-12-7-9-16-21(24)28-18-13-10-11-14-19(18)29(25,26)27/h11-12,14-15H,2-10,13,16-18H2,1H3,(H,23,24)(H,26,27,28);10-11,13-14H,2-9,12,15-17H2,1H3,(H,22,23)(H,25,26,27). The first-order valence-corrected chi connectivity index (χ1v) is 24.1. The van der Waals surface area contributed by atoms with Gasteiger partial charge in [0.2, 0.25) is 11.8 Å². The average Bonchev–Trinajstić information content (AvgIpc) is 3.18. The highest BCUT2D eigenvalue weighted by Gasteiger charge is 2.19. The zero-order valence-electron chi connectivity index (χ0n) is 35.1. The number of carbonyl (C=O) groups is 4. The topological polar surface area (TPSA) is 220 Å². The molecule has 0 bridgehead atoms. The van der Waals surface area contributed by atoms with E-state index < -0.39 is 42.0 Å². The number of nitrogens with one attached hydrogen (secondary N) is 2. The van der Waals surface area contributed by atoms with Gasteiger partial charge in [0, 0.05) is 38.8 Å². The Labute approximate surface area is 352 Å². The van der Waals surface area contributed by atoms with Gasteiger partial charge >= 0.3 is 11.9 Å². The van der Waals surface area contributed by atoms with Gasteiger partial charge in [0.1, 0.15) is 9.79 Å². The van der Waals surface area contributed by atoms with Crippen molar-refractivity contribution in [1.29, 1.82) is 0 Å². The molecule has 0 radical (unpaired) electrons. The number of ether oxygens (including phenoxy) is 2. The van der Waals surface area contributed by atoms with Gasteiger partial charge in [-0.25, -0.2) is 0 Å². The van der Waals surface area contributed by atoms with E-state index in [-0.39, 0.29) is 36.2 Å². The molecule has 0 saturated carbocycles. The third kappa shape index (κ3) is 27.5. The van der Waals surface area contributed by atoms with E-state index in [1.54, 1.807) is 0 Å². The van der Waals surface area contributed by atoms with Crippen molar-refractivity contribution in [2.75, 3.05) is 13.1 Å². The van der Waals surface area contributed by atoms with Crippen LogP contribution in [0.15, 0.2) is 58.3 Å². The fraction of sp³-hybridized carbons (Fsp3) is 0.628. The van der Waals surface area contributed by atoms with Gasteiger partial charge < -0.3 is 20.1 Å². The van der Waals surface area contributed by atoms with Crippen molar-refractivity contribution >= 4 is 44.0 Å². The molecule has 0 aliphatic rings. The lowest BCUT2D eigenvalue weighted by molar-refractivity contribution is -0.135. The van der Waals surface area contributed by atoms with Crippen molar-refractivity contribution < 1.29 is 54.6 Å². The highest BCUT2D eigenvalue weighted by molar-refractivity contribution is 7.86. The first-order valence-electron chi connectivity index (χ1n) is 21.3. The van der Waals surface area contributed by atoms with Crippen LogP contribution in [-0.4, -0.2) is 62.8 Å². The Morgan fingerprint density at radius 3 is 1.12 bits per heavy atom. The molecule has 0 aliphatic carbocycles. The summed E-state index contributed by atoms with van der Waals surface area (Å²) in [6.07, 6.45) is 20.7. The van der Waals surface area contributed by atoms with Gasteiger partial charge in [-0.2, -0.15) is 16.8 Å². The summed E-state index contributed by atoms with van der Waals surface area (Å²) >= 11 is 0. The van der Waals surface area contributed by atoms with E-state index in [0.717, 1.165) is 51.4 Å². The maximum Gasteiger partial charge on any atom is 0.311 e. The third-order valence-electron chi connectivity index (χ3n) is 9.23. The second-order valence-electron chi connectivity index (χ2n) is 14.5. The van der Waals surface area contributed by atoms with Crippen LogP contribution in [0, 0.1) is 0 Å². The normalized spacial score (nSPS) is 11.3. The lowest BCUT2D eigenvalue weighted by atomic mass is 10.1. The number of esters is 2. The van der Waals surface area contributed by atoms with Crippen LogP contribution in [0.5, 0.6) is 11.5 Å². The molecule has 2 rings (SSSR count). The summed E-state index contributed by atoms with van der Waals surface area (Å²) in [5.41, 5.74) is 0. The number of unbranched alkanes of at least 4 members (excludes halogenated alkanes) is 15. The average molecular weight is 869 g/mol. The molecule has 59 heavy (non-hydrogen) atoms. The van der Waals surface area contributed by atoms with E-state index in [0.29, 0.717) is 38.8 Å². The van der Waals surface area contributed by atoms with Gasteiger partial charge in [0.05, 0.1) is 0 Å². The Kier molecular flexibility index (Phi) is 28.8. The first-order chi connectivity index (χ1) is 28.2. The summed E-state index contributed by atoms with van der Waals surface area (Å²) in [6, 6.07) is 10.9. The van der Waals surface area contributed by atoms with E-state index in [1.165, 1.54) is 106 Å². The Morgan fingerprint density at radius 2 is 0.763 bits per heavy atom. The smallest absolute Gasteiger partial charge is 0.311 e. The summed E-state index contributed by atoms with van der Waals surface area (Å²) in [4.78, 5) is 46.4. The number of para-hydroxylation sites is 2. The van der Waals surface area contributed by atoms with Crippen LogP contribution < -0.4 is 20.1 Å². The Morgan fingerprint density at radius 1 is 0.458 bits per heavy atom. The zero-order chi connectivity index (χ0) is 43.8. The number of benzene rings is 2. The molecule has 334 valence electrons. The summed E-state index contributed by atoms with van der Waals surface area (Å²) in [5, 5.41) is 5.78. The molecular formula is C43H68N2O12S2. The molecule has 0 heterocycles. The van der Waals surface area contributed by atoms with E-state index >= 15 is 0 Å². The Balaban J connectivity index is 0.000000590. The minimum atomic E-state index is -4.45. The zero-order valence-corrected chi connectivity index (χ0v) is 36.7. The van der Waals surface area contributed by atoms with Crippen molar-refractivity contribution in [3.8, 4) is 11.5 Å². The van der Waals surface area contributed by atoms with E-state index in [9.17, 15) is 36.0 Å². The van der Waals surface area contributed by atoms with Crippen molar-refractivity contribution in [2.45, 2.75) is 171 Å². The predicted molar refractivity (Wildman–Crippen MR) is 227 cm³/mol. The molecule has 0 fully saturated rings. The van der Waals surface area contributed by atoms with Gasteiger partial charge in [-0.3, -0.25) is 28.3 Å². The Bertz CT molecular complexity index is 1730. The van der Waals surface area contributed by atoms with Gasteiger partial charge in [0.15, 0.2) is 11.5 Å². The lowest BCUT2D eigenvalue weighted by Gasteiger charge is -2.08. The monoisotopic (exact) mass is 868 g/mol. The molecule has 0 unspecified atom stereocenters. The molecule has 2 amide bonds. The van der Waals surface area contributed by atoms with Gasteiger partial charge in [-0.1, -0.05) is 122 Å². The van der Waals surface area contributed by atoms with Crippen LogP contribution in [-0.2, 0) is 39.4 Å². The molecule has 2 aromatic carbocycles. The van der Waals surface area contributed by atoms with Crippen LogP contribution in [0.4, 0.5) is 0 Å². The molecule has 0 atom stereocenters. The SMILES string of the molecule is CCCCCCCCC(=O)NCCCCCC(=O)Oc1ccccc1S(=O)(=O)O.CCCCCCCCCC(=O)NCCCCCC(=O)Oc1ccccc1S(=O)(=O)O. The van der Waals surface area contributed by atoms with Gasteiger partial charge in [-0.05, 0) is 62.8 Å². The molecule has 14 nitrogen and oxygen atoms in total. The molecule has 2 aromatic rings. The molecule has 0 saturated heterocycles. The number of carbonyl (C=O) groups excluding carboxylic acids is 4. The maximum atomic E-state index is 11.9. The minimum absolute atomic E-state index is 0.0710. The van der Waals surface area contributed by atoms with E-state index in [2.05, 4.69) is 24.5 Å². The number of hydrogen-bond donors (Lipinski definition) is 4. The van der Waals surface area contributed by atoms with Crippen molar-refractivity contribution in [1.82, 2.24) is 10.6 Å². The second-order valence-corrected chi connectivity index (χ2v) is 17.3. The fourth-order valence-corrected chi connectivity index (χ4v) is 7.15. The predicted octanol–water partition coefficient (Wildman–Crippen LogP) is 8.92. The van der Waals surface area contributed by atoms with Gasteiger partial charge in [0.25, 0.3) is 20.2 Å². The summed E-state index contributed by atoms with van der Waals surface area (Å²) in [6.45, 7) is 5.54. The van der Waals surface area contributed by atoms with E-state index in [1.807, 2.05) is 0 Å². The Hall–Kier alpha value is -3.86. The van der Waals surface area contributed by atoms with Crippen molar-refractivity contribution in [3.63, 3.8) is 0 Å².